The molecule has 0 aliphatic rings. The first kappa shape index (κ1) is 21.8. The number of carbonyl (C=O) groups excluding carboxylic acids is 1. The summed E-state index contributed by atoms with van der Waals surface area (Å²) in [6, 6.07) is 24.0. The van der Waals surface area contributed by atoms with Gasteiger partial charge in [-0.2, -0.15) is 5.26 Å². The van der Waals surface area contributed by atoms with E-state index >= 15 is 0 Å². The van der Waals surface area contributed by atoms with E-state index in [0.717, 1.165) is 5.56 Å². The van der Waals surface area contributed by atoms with Crippen molar-refractivity contribution in [3.8, 4) is 11.8 Å². The second-order valence-electron chi connectivity index (χ2n) is 6.54. The van der Waals surface area contributed by atoms with Crippen LogP contribution in [0.15, 0.2) is 89.3 Å². The number of sulfonamides is 1. The number of nitrogens with two attached hydrogens (primary N) is 1. The summed E-state index contributed by atoms with van der Waals surface area (Å²) in [6.45, 7) is 0.437. The van der Waals surface area contributed by atoms with Crippen molar-refractivity contribution in [2.75, 3.05) is 5.32 Å². The second kappa shape index (κ2) is 9.71. The van der Waals surface area contributed by atoms with Crippen molar-refractivity contribution >= 4 is 27.7 Å². The normalized spacial score (nSPS) is 11.4. The van der Waals surface area contributed by atoms with Gasteiger partial charge < -0.3 is 10.1 Å². The molecule has 8 heteroatoms. The van der Waals surface area contributed by atoms with E-state index in [1.54, 1.807) is 24.3 Å². The average Bonchev–Trinajstić information content (AvgIpc) is 2.77. The van der Waals surface area contributed by atoms with Crippen LogP contribution in [0, 0.1) is 11.3 Å². The van der Waals surface area contributed by atoms with Gasteiger partial charge in [0, 0.05) is 5.69 Å². The molecule has 0 heterocycles. The number of amides is 1. The molecule has 0 bridgehead atoms. The SMILES string of the molecule is N#C/C(=C\c1ccc(OCc2ccccc2)cc1)C(=O)Nc1ccc(S(N)(=O)=O)cc1. The zero-order chi connectivity index (χ0) is 22.3. The number of primary sulfonamides is 1. The molecule has 0 atom stereocenters. The molecule has 0 radical (unpaired) electrons. The summed E-state index contributed by atoms with van der Waals surface area (Å²) in [5, 5.41) is 17.0. The van der Waals surface area contributed by atoms with Gasteiger partial charge in [0.1, 0.15) is 24.0 Å². The Hall–Kier alpha value is -3.93. The number of rotatable bonds is 7. The lowest BCUT2D eigenvalue weighted by molar-refractivity contribution is -0.112. The molecular formula is C23H19N3O4S. The number of ether oxygens (including phenoxy) is 1. The zero-order valence-corrected chi connectivity index (χ0v) is 17.2. The van der Waals surface area contributed by atoms with Crippen LogP contribution in [0.4, 0.5) is 5.69 Å². The molecule has 0 aromatic heterocycles. The Balaban J connectivity index is 1.65. The highest BCUT2D eigenvalue weighted by atomic mass is 32.2. The largest absolute Gasteiger partial charge is 0.489 e. The fourth-order valence-electron chi connectivity index (χ4n) is 2.64. The second-order valence-corrected chi connectivity index (χ2v) is 8.10. The summed E-state index contributed by atoms with van der Waals surface area (Å²) in [5.41, 5.74) is 1.94. The number of anilines is 1. The van der Waals surface area contributed by atoms with Crippen LogP contribution in [-0.4, -0.2) is 14.3 Å². The Bertz CT molecular complexity index is 1230. The predicted molar refractivity (Wildman–Crippen MR) is 117 cm³/mol. The lowest BCUT2D eigenvalue weighted by Gasteiger charge is -2.07. The topological polar surface area (TPSA) is 122 Å². The van der Waals surface area contributed by atoms with E-state index in [0.29, 0.717) is 23.6 Å². The molecule has 3 aromatic rings. The molecule has 0 aliphatic carbocycles. The third kappa shape index (κ3) is 6.27. The molecule has 1 amide bonds. The van der Waals surface area contributed by atoms with Crippen LogP contribution < -0.4 is 15.2 Å². The van der Waals surface area contributed by atoms with Crippen LogP contribution in [0.3, 0.4) is 0 Å². The fraction of sp³-hybridized carbons (Fsp3) is 0.0435. The standard InChI is InChI=1S/C23H19N3O4S/c24-15-19(23(27)26-20-8-12-22(13-9-20)31(25,28)29)14-17-6-10-21(11-7-17)30-16-18-4-2-1-3-5-18/h1-14H,16H2,(H,26,27)(H2,25,28,29)/b19-14+. The van der Waals surface area contributed by atoms with Gasteiger partial charge in [-0.3, -0.25) is 4.79 Å². The minimum atomic E-state index is -3.82. The molecule has 156 valence electrons. The maximum Gasteiger partial charge on any atom is 0.266 e. The van der Waals surface area contributed by atoms with Crippen molar-refractivity contribution in [2.45, 2.75) is 11.5 Å². The number of nitriles is 1. The van der Waals surface area contributed by atoms with E-state index in [-0.39, 0.29) is 10.5 Å². The van der Waals surface area contributed by atoms with Crippen LogP contribution in [0.5, 0.6) is 5.75 Å². The summed E-state index contributed by atoms with van der Waals surface area (Å²) in [6.07, 6.45) is 1.45. The molecule has 3 rings (SSSR count). The fourth-order valence-corrected chi connectivity index (χ4v) is 3.16. The number of benzene rings is 3. The maximum atomic E-state index is 12.4. The Labute approximate surface area is 180 Å². The minimum absolute atomic E-state index is 0.0730. The molecule has 3 aromatic carbocycles. The lowest BCUT2D eigenvalue weighted by atomic mass is 10.1. The van der Waals surface area contributed by atoms with Crippen molar-refractivity contribution in [2.24, 2.45) is 5.14 Å². The average molecular weight is 433 g/mol. The third-order valence-electron chi connectivity index (χ3n) is 4.25. The highest BCUT2D eigenvalue weighted by Crippen LogP contribution is 2.18. The first-order valence-electron chi connectivity index (χ1n) is 9.18. The third-order valence-corrected chi connectivity index (χ3v) is 5.17. The molecule has 0 unspecified atom stereocenters. The lowest BCUT2D eigenvalue weighted by Crippen LogP contribution is -2.14. The van der Waals surface area contributed by atoms with Gasteiger partial charge in [-0.1, -0.05) is 42.5 Å². The molecule has 0 saturated carbocycles. The predicted octanol–water partition coefficient (Wildman–Crippen LogP) is 3.46. The Morgan fingerprint density at radius 1 is 1.00 bits per heavy atom. The van der Waals surface area contributed by atoms with Gasteiger partial charge in [0.15, 0.2) is 0 Å². The number of carbonyl (C=O) groups is 1. The molecule has 0 saturated heterocycles. The first-order valence-corrected chi connectivity index (χ1v) is 10.7. The number of hydrogen-bond donors (Lipinski definition) is 2. The van der Waals surface area contributed by atoms with E-state index in [1.807, 2.05) is 36.4 Å². The Morgan fingerprint density at radius 2 is 1.65 bits per heavy atom. The van der Waals surface area contributed by atoms with Crippen molar-refractivity contribution in [3.63, 3.8) is 0 Å². The van der Waals surface area contributed by atoms with E-state index in [9.17, 15) is 18.5 Å². The molecule has 0 aliphatic heterocycles. The van der Waals surface area contributed by atoms with Gasteiger partial charge in [0.25, 0.3) is 5.91 Å². The van der Waals surface area contributed by atoms with Gasteiger partial charge in [0.2, 0.25) is 10.0 Å². The van der Waals surface area contributed by atoms with Crippen molar-refractivity contribution in [1.82, 2.24) is 0 Å². The number of nitrogens with zero attached hydrogens (tertiary/aromatic N) is 1. The van der Waals surface area contributed by atoms with Crippen LogP contribution in [0.25, 0.3) is 6.08 Å². The quantitative estimate of drug-likeness (QED) is 0.436. The summed E-state index contributed by atoms with van der Waals surface area (Å²) >= 11 is 0. The van der Waals surface area contributed by atoms with Crippen molar-refractivity contribution < 1.29 is 17.9 Å². The highest BCUT2D eigenvalue weighted by molar-refractivity contribution is 7.89. The van der Waals surface area contributed by atoms with Crippen LogP contribution in [-0.2, 0) is 21.4 Å². The summed E-state index contributed by atoms with van der Waals surface area (Å²) < 4.78 is 28.3. The Morgan fingerprint density at radius 3 is 2.23 bits per heavy atom. The van der Waals surface area contributed by atoms with Gasteiger partial charge in [-0.25, -0.2) is 13.6 Å². The summed E-state index contributed by atoms with van der Waals surface area (Å²) in [4.78, 5) is 12.3. The van der Waals surface area contributed by atoms with E-state index in [4.69, 9.17) is 9.88 Å². The minimum Gasteiger partial charge on any atom is -0.489 e. The zero-order valence-electron chi connectivity index (χ0n) is 16.4. The van der Waals surface area contributed by atoms with Crippen LogP contribution in [0.1, 0.15) is 11.1 Å². The van der Waals surface area contributed by atoms with Gasteiger partial charge in [-0.15, -0.1) is 0 Å². The Kier molecular flexibility index (Phi) is 6.82. The summed E-state index contributed by atoms with van der Waals surface area (Å²) in [7, 11) is -3.82. The molecule has 0 fully saturated rings. The van der Waals surface area contributed by atoms with Crippen molar-refractivity contribution in [3.05, 3.63) is 95.6 Å². The molecular weight excluding hydrogens is 414 g/mol. The smallest absolute Gasteiger partial charge is 0.266 e. The molecule has 0 spiro atoms. The number of nitrogens with one attached hydrogen (secondary N) is 1. The van der Waals surface area contributed by atoms with E-state index in [2.05, 4.69) is 5.32 Å². The molecule has 7 nitrogen and oxygen atoms in total. The van der Waals surface area contributed by atoms with E-state index < -0.39 is 15.9 Å². The van der Waals surface area contributed by atoms with Gasteiger partial charge >= 0.3 is 0 Å². The van der Waals surface area contributed by atoms with Crippen LogP contribution in [0.2, 0.25) is 0 Å². The molecule has 31 heavy (non-hydrogen) atoms. The van der Waals surface area contributed by atoms with Gasteiger partial charge in [0.05, 0.1) is 4.90 Å². The van der Waals surface area contributed by atoms with Crippen molar-refractivity contribution in [1.29, 1.82) is 5.26 Å². The van der Waals surface area contributed by atoms with E-state index in [1.165, 1.54) is 30.3 Å². The maximum absolute atomic E-state index is 12.4. The summed E-state index contributed by atoms with van der Waals surface area (Å²) in [5.74, 6) is 0.0502. The first-order chi connectivity index (χ1) is 14.8. The highest BCUT2D eigenvalue weighted by Gasteiger charge is 2.11. The van der Waals surface area contributed by atoms with Gasteiger partial charge in [-0.05, 0) is 53.6 Å². The molecule has 3 N–H and O–H groups in total. The monoisotopic (exact) mass is 433 g/mol. The number of hydrogen-bond acceptors (Lipinski definition) is 5. The van der Waals surface area contributed by atoms with Crippen LogP contribution >= 0.6 is 0 Å².